The topological polar surface area (TPSA) is 65.1 Å². The highest BCUT2D eigenvalue weighted by molar-refractivity contribution is 6.06. The first-order valence-corrected chi connectivity index (χ1v) is 7.02. The van der Waals surface area contributed by atoms with Crippen molar-refractivity contribution in [2.75, 3.05) is 6.54 Å². The molecule has 0 fully saturated rings. The molecule has 0 spiro atoms. The number of H-pyrrole nitrogens is 1. The van der Waals surface area contributed by atoms with Gasteiger partial charge in [-0.15, -0.1) is 0 Å². The molecule has 2 aromatic rings. The molecule has 1 amide bonds. The number of aliphatic hydroxyl groups is 1. The Bertz CT molecular complexity index is 601. The summed E-state index contributed by atoms with van der Waals surface area (Å²) < 4.78 is 0. The average molecular weight is 274 g/mol. The minimum absolute atomic E-state index is 0.130. The summed E-state index contributed by atoms with van der Waals surface area (Å²) in [6.07, 6.45) is 2.69. The van der Waals surface area contributed by atoms with E-state index in [-0.39, 0.29) is 18.4 Å². The summed E-state index contributed by atoms with van der Waals surface area (Å²) in [5.41, 5.74) is 0.672. The highest BCUT2D eigenvalue weighted by Gasteiger charge is 2.27. The normalized spacial score (nSPS) is 15.8. The van der Waals surface area contributed by atoms with E-state index in [9.17, 15) is 9.90 Å². The molecule has 2 rings (SSSR count). The molecule has 0 saturated carbocycles. The third-order valence-electron chi connectivity index (χ3n) is 4.12. The lowest BCUT2D eigenvalue weighted by Crippen LogP contribution is -2.45. The fraction of sp³-hybridized carbons (Fsp3) is 0.438. The van der Waals surface area contributed by atoms with Crippen molar-refractivity contribution in [2.24, 2.45) is 5.92 Å². The van der Waals surface area contributed by atoms with E-state index in [4.69, 9.17) is 0 Å². The maximum Gasteiger partial charge on any atom is 0.252 e. The van der Waals surface area contributed by atoms with E-state index in [1.165, 1.54) is 0 Å². The van der Waals surface area contributed by atoms with Crippen LogP contribution >= 0.6 is 0 Å². The van der Waals surface area contributed by atoms with E-state index < -0.39 is 5.60 Å². The number of aromatic amines is 1. The lowest BCUT2D eigenvalue weighted by atomic mass is 9.88. The van der Waals surface area contributed by atoms with Crippen LogP contribution in [-0.2, 0) is 0 Å². The first-order chi connectivity index (χ1) is 9.45. The van der Waals surface area contributed by atoms with Gasteiger partial charge in [0.1, 0.15) is 0 Å². The molecule has 0 bridgehead atoms. The van der Waals surface area contributed by atoms with Crippen molar-refractivity contribution < 1.29 is 9.90 Å². The Morgan fingerprint density at radius 2 is 2.20 bits per heavy atom. The van der Waals surface area contributed by atoms with E-state index in [2.05, 4.69) is 10.3 Å². The second kappa shape index (κ2) is 5.67. The van der Waals surface area contributed by atoms with Gasteiger partial charge in [0.15, 0.2) is 0 Å². The molecule has 20 heavy (non-hydrogen) atoms. The van der Waals surface area contributed by atoms with E-state index in [1.54, 1.807) is 13.0 Å². The van der Waals surface area contributed by atoms with Crippen LogP contribution in [0.25, 0.3) is 10.9 Å². The minimum Gasteiger partial charge on any atom is -0.388 e. The molecule has 0 aliphatic heterocycles. The first kappa shape index (κ1) is 14.6. The Hall–Kier alpha value is -1.81. The predicted molar refractivity (Wildman–Crippen MR) is 80.7 cm³/mol. The van der Waals surface area contributed by atoms with Gasteiger partial charge in [-0.1, -0.05) is 26.3 Å². The van der Waals surface area contributed by atoms with Crippen LogP contribution in [0.3, 0.4) is 0 Å². The van der Waals surface area contributed by atoms with Gasteiger partial charge in [-0.05, 0) is 31.0 Å². The van der Waals surface area contributed by atoms with Crippen LogP contribution in [0.1, 0.15) is 37.6 Å². The Balaban J connectivity index is 2.11. The summed E-state index contributed by atoms with van der Waals surface area (Å²) in [5.74, 6) is -0.0235. The van der Waals surface area contributed by atoms with Gasteiger partial charge in [0.25, 0.3) is 5.91 Å². The number of benzene rings is 1. The molecule has 2 unspecified atom stereocenters. The molecule has 2 atom stereocenters. The molecule has 1 heterocycles. The van der Waals surface area contributed by atoms with E-state index in [0.29, 0.717) is 5.56 Å². The highest BCUT2D eigenvalue weighted by atomic mass is 16.3. The molecule has 0 aliphatic carbocycles. The molecule has 3 N–H and O–H groups in total. The predicted octanol–water partition coefficient (Wildman–Crippen LogP) is 2.69. The third kappa shape index (κ3) is 2.85. The van der Waals surface area contributed by atoms with Gasteiger partial charge in [0.2, 0.25) is 0 Å². The van der Waals surface area contributed by atoms with Gasteiger partial charge in [-0.3, -0.25) is 4.79 Å². The number of aromatic nitrogens is 1. The zero-order valence-corrected chi connectivity index (χ0v) is 12.2. The fourth-order valence-corrected chi connectivity index (χ4v) is 2.25. The number of carbonyl (C=O) groups excluding carboxylic acids is 1. The highest BCUT2D eigenvalue weighted by Crippen LogP contribution is 2.20. The maximum absolute atomic E-state index is 12.3. The summed E-state index contributed by atoms with van der Waals surface area (Å²) in [6.45, 7) is 6.03. The van der Waals surface area contributed by atoms with Gasteiger partial charge in [0.05, 0.1) is 5.60 Å². The van der Waals surface area contributed by atoms with Gasteiger partial charge < -0.3 is 15.4 Å². The van der Waals surface area contributed by atoms with Crippen molar-refractivity contribution in [3.63, 3.8) is 0 Å². The third-order valence-corrected chi connectivity index (χ3v) is 4.12. The van der Waals surface area contributed by atoms with Crippen molar-refractivity contribution in [3.8, 4) is 0 Å². The largest absolute Gasteiger partial charge is 0.388 e. The van der Waals surface area contributed by atoms with Crippen LogP contribution < -0.4 is 5.32 Å². The molecule has 1 aromatic carbocycles. The fourth-order valence-electron chi connectivity index (χ4n) is 2.25. The molecule has 0 aliphatic rings. The zero-order valence-electron chi connectivity index (χ0n) is 12.2. The molecule has 0 saturated heterocycles. The molecule has 4 heteroatoms. The van der Waals surface area contributed by atoms with E-state index in [1.807, 2.05) is 38.2 Å². The number of hydrogen-bond donors (Lipinski definition) is 3. The number of rotatable bonds is 5. The second-order valence-corrected chi connectivity index (χ2v) is 5.59. The van der Waals surface area contributed by atoms with Crippen molar-refractivity contribution in [1.29, 1.82) is 0 Å². The van der Waals surface area contributed by atoms with Gasteiger partial charge in [-0.2, -0.15) is 0 Å². The number of carbonyl (C=O) groups is 1. The maximum atomic E-state index is 12.3. The lowest BCUT2D eigenvalue weighted by Gasteiger charge is -2.29. The van der Waals surface area contributed by atoms with Crippen LogP contribution in [0.5, 0.6) is 0 Å². The number of hydrogen-bond acceptors (Lipinski definition) is 2. The zero-order chi connectivity index (χ0) is 14.8. The Morgan fingerprint density at radius 1 is 1.45 bits per heavy atom. The molecular weight excluding hydrogens is 252 g/mol. The average Bonchev–Trinajstić information content (AvgIpc) is 2.92. The lowest BCUT2D eigenvalue weighted by molar-refractivity contribution is 0.00594. The van der Waals surface area contributed by atoms with Crippen molar-refractivity contribution in [1.82, 2.24) is 10.3 Å². The smallest absolute Gasteiger partial charge is 0.252 e. The van der Waals surface area contributed by atoms with Crippen LogP contribution in [0.15, 0.2) is 30.5 Å². The van der Waals surface area contributed by atoms with Crippen molar-refractivity contribution in [2.45, 2.75) is 32.8 Å². The summed E-state index contributed by atoms with van der Waals surface area (Å²) in [7, 11) is 0. The Morgan fingerprint density at radius 3 is 2.90 bits per heavy atom. The van der Waals surface area contributed by atoms with Crippen molar-refractivity contribution >= 4 is 16.8 Å². The van der Waals surface area contributed by atoms with Crippen molar-refractivity contribution in [3.05, 3.63) is 36.0 Å². The van der Waals surface area contributed by atoms with Gasteiger partial charge in [0, 0.05) is 29.2 Å². The standard InChI is InChI=1S/C16H22N2O2/c1-4-11(2)16(3,20)10-18-15(19)13-6-5-7-14-12(13)8-9-17-14/h5-9,11,17,20H,4,10H2,1-3H3,(H,18,19). The second-order valence-electron chi connectivity index (χ2n) is 5.59. The number of nitrogens with one attached hydrogen (secondary N) is 2. The SMILES string of the molecule is CCC(C)C(C)(O)CNC(=O)c1cccc2[nH]ccc12. The van der Waals surface area contributed by atoms with Crippen LogP contribution in [0.4, 0.5) is 0 Å². The summed E-state index contributed by atoms with van der Waals surface area (Å²) in [5, 5.41) is 14.1. The van der Waals surface area contributed by atoms with Gasteiger partial charge >= 0.3 is 0 Å². The summed E-state index contributed by atoms with van der Waals surface area (Å²) >= 11 is 0. The molecule has 108 valence electrons. The van der Waals surface area contributed by atoms with E-state index >= 15 is 0 Å². The molecule has 4 nitrogen and oxygen atoms in total. The Labute approximate surface area is 119 Å². The monoisotopic (exact) mass is 274 g/mol. The Kier molecular flexibility index (Phi) is 4.14. The number of amides is 1. The van der Waals surface area contributed by atoms with E-state index in [0.717, 1.165) is 17.3 Å². The molecule has 1 aromatic heterocycles. The first-order valence-electron chi connectivity index (χ1n) is 7.02. The van der Waals surface area contributed by atoms with Gasteiger partial charge in [-0.25, -0.2) is 0 Å². The number of fused-ring (bicyclic) bond motifs is 1. The molecular formula is C16H22N2O2. The van der Waals surface area contributed by atoms with Crippen LogP contribution in [0, 0.1) is 5.92 Å². The summed E-state index contributed by atoms with van der Waals surface area (Å²) in [6, 6.07) is 7.46. The quantitative estimate of drug-likeness (QED) is 0.785. The summed E-state index contributed by atoms with van der Waals surface area (Å²) in [4.78, 5) is 15.4. The van der Waals surface area contributed by atoms with Crippen LogP contribution in [-0.4, -0.2) is 28.1 Å². The minimum atomic E-state index is -0.892. The van der Waals surface area contributed by atoms with Crippen LogP contribution in [0.2, 0.25) is 0 Å². The molecule has 0 radical (unpaired) electrons.